The number of carbonyl (C=O) groups excluding carboxylic acids is 2. The number of thioether (sulfide) groups is 1. The van der Waals surface area contributed by atoms with Crippen molar-refractivity contribution >= 4 is 39.6 Å². The van der Waals surface area contributed by atoms with Crippen molar-refractivity contribution in [3.63, 3.8) is 0 Å². The molecule has 190 valence electrons. The quantitative estimate of drug-likeness (QED) is 0.427. The van der Waals surface area contributed by atoms with Crippen molar-refractivity contribution in [1.29, 1.82) is 0 Å². The number of hydrogen-bond acceptors (Lipinski definition) is 7. The molecule has 0 radical (unpaired) electrons. The van der Waals surface area contributed by atoms with Crippen LogP contribution in [0.3, 0.4) is 0 Å². The Morgan fingerprint density at radius 3 is 2.39 bits per heavy atom. The van der Waals surface area contributed by atoms with E-state index in [1.54, 1.807) is 42.5 Å². The zero-order valence-corrected chi connectivity index (χ0v) is 21.3. The van der Waals surface area contributed by atoms with Crippen molar-refractivity contribution < 1.29 is 27.9 Å². The number of carboxylic acid groups (broad SMARTS) is 1. The largest absolute Gasteiger partial charge is 0.477 e. The predicted molar refractivity (Wildman–Crippen MR) is 134 cm³/mol. The lowest BCUT2D eigenvalue weighted by Crippen LogP contribution is -2.71. The molecular weight excluding hydrogens is 504 g/mol. The smallest absolute Gasteiger partial charge is 0.352 e. The summed E-state index contributed by atoms with van der Waals surface area (Å²) in [6.07, 6.45) is 0.239. The Bertz CT molecular complexity index is 1330. The number of fused-ring (bicyclic) bond motifs is 1. The van der Waals surface area contributed by atoms with Gasteiger partial charge in [0.15, 0.2) is 0 Å². The summed E-state index contributed by atoms with van der Waals surface area (Å²) in [6, 6.07) is 13.1. The molecule has 2 heterocycles. The molecule has 2 aromatic rings. The first kappa shape index (κ1) is 25.9. The average Bonchev–Trinajstić information content (AvgIpc) is 2.86. The van der Waals surface area contributed by atoms with E-state index >= 15 is 0 Å². The molecule has 4 rings (SSSR count). The highest BCUT2D eigenvalue weighted by Crippen LogP contribution is 2.41. The zero-order chi connectivity index (χ0) is 26.2. The number of nitrogens with zero attached hydrogens (tertiary/aromatic N) is 2. The standard InChI is InChI=1S/C24H26N4O6S2/c1-27(2)36(33,34)17-10-8-14(9-11-17)12-16-13-35-23-19(22(30)28(23)20(16)24(31)32)26-21(29)18(25)15-6-4-3-5-7-15/h3-11,18-19,23H,12-13,25H2,1-2H3,(H,26,29)(H,31,32)/t18-,19-,23-/m1/s1. The molecule has 2 aromatic carbocycles. The number of sulfonamides is 1. The molecule has 10 nitrogen and oxygen atoms in total. The van der Waals surface area contributed by atoms with Crippen LogP contribution < -0.4 is 11.1 Å². The van der Waals surface area contributed by atoms with E-state index in [-0.39, 0.29) is 17.0 Å². The highest BCUT2D eigenvalue weighted by Gasteiger charge is 2.54. The maximum Gasteiger partial charge on any atom is 0.352 e. The number of amides is 2. The Morgan fingerprint density at radius 1 is 1.17 bits per heavy atom. The molecule has 0 spiro atoms. The Morgan fingerprint density at radius 2 is 1.81 bits per heavy atom. The molecule has 0 aliphatic carbocycles. The monoisotopic (exact) mass is 530 g/mol. The number of benzene rings is 2. The van der Waals surface area contributed by atoms with Gasteiger partial charge in [-0.25, -0.2) is 17.5 Å². The third-order valence-corrected chi connectivity index (χ3v) is 9.28. The summed E-state index contributed by atoms with van der Waals surface area (Å²) in [4.78, 5) is 39.0. The molecule has 1 saturated heterocycles. The van der Waals surface area contributed by atoms with Crippen molar-refractivity contribution in [3.05, 3.63) is 77.0 Å². The summed E-state index contributed by atoms with van der Waals surface area (Å²) < 4.78 is 25.7. The molecule has 0 saturated carbocycles. The molecule has 0 aromatic heterocycles. The molecule has 0 unspecified atom stereocenters. The SMILES string of the molecule is CN(C)S(=O)(=O)c1ccc(CC2=C(C(=O)O)N3C(=O)[C@@H](NC(=O)[C@H](N)c4ccccc4)[C@H]3SC2)cc1. The van der Waals surface area contributed by atoms with E-state index in [4.69, 9.17) is 5.73 Å². The number of nitrogens with two attached hydrogens (primary N) is 1. The predicted octanol–water partition coefficient (Wildman–Crippen LogP) is 0.918. The minimum atomic E-state index is -3.58. The lowest BCUT2D eigenvalue weighted by molar-refractivity contribution is -0.150. The van der Waals surface area contributed by atoms with Crippen molar-refractivity contribution in [2.45, 2.75) is 28.8 Å². The van der Waals surface area contributed by atoms with Crippen LogP contribution in [0.1, 0.15) is 17.2 Å². The number of rotatable bonds is 8. The molecule has 2 amide bonds. The zero-order valence-electron chi connectivity index (χ0n) is 19.6. The van der Waals surface area contributed by atoms with Crippen molar-refractivity contribution in [2.75, 3.05) is 19.8 Å². The number of hydrogen-bond donors (Lipinski definition) is 3. The minimum Gasteiger partial charge on any atom is -0.477 e. The van der Waals surface area contributed by atoms with E-state index in [1.807, 2.05) is 0 Å². The average molecular weight is 531 g/mol. The minimum absolute atomic E-state index is 0.105. The lowest BCUT2D eigenvalue weighted by atomic mass is 9.98. The maximum atomic E-state index is 12.9. The van der Waals surface area contributed by atoms with Gasteiger partial charge in [0.05, 0.1) is 4.90 Å². The second-order valence-corrected chi connectivity index (χ2v) is 11.9. The molecule has 12 heteroatoms. The van der Waals surface area contributed by atoms with E-state index in [0.29, 0.717) is 22.5 Å². The van der Waals surface area contributed by atoms with Crippen LogP contribution in [0.25, 0.3) is 0 Å². The van der Waals surface area contributed by atoms with Crippen LogP contribution >= 0.6 is 11.8 Å². The first-order chi connectivity index (χ1) is 17.0. The van der Waals surface area contributed by atoms with E-state index in [0.717, 1.165) is 4.31 Å². The van der Waals surface area contributed by atoms with E-state index in [1.165, 1.54) is 42.9 Å². The summed E-state index contributed by atoms with van der Waals surface area (Å²) in [7, 11) is -0.694. The Kier molecular flexibility index (Phi) is 7.23. The fourth-order valence-electron chi connectivity index (χ4n) is 4.11. The van der Waals surface area contributed by atoms with Gasteiger partial charge in [-0.15, -0.1) is 11.8 Å². The topological polar surface area (TPSA) is 150 Å². The van der Waals surface area contributed by atoms with Crippen LogP contribution in [0.2, 0.25) is 0 Å². The van der Waals surface area contributed by atoms with Crippen LogP contribution in [-0.2, 0) is 30.8 Å². The second kappa shape index (κ2) is 10.1. The number of aliphatic carboxylic acids is 1. The summed E-state index contributed by atoms with van der Waals surface area (Å²) in [5.41, 5.74) is 7.78. The Balaban J connectivity index is 1.50. The summed E-state index contributed by atoms with van der Waals surface area (Å²) >= 11 is 1.36. The second-order valence-electron chi connectivity index (χ2n) is 8.65. The van der Waals surface area contributed by atoms with E-state index in [9.17, 15) is 27.9 Å². The third-order valence-electron chi connectivity index (χ3n) is 6.11. The number of nitrogens with one attached hydrogen (secondary N) is 1. The van der Waals surface area contributed by atoms with Gasteiger partial charge >= 0.3 is 5.97 Å². The fourth-order valence-corrected chi connectivity index (χ4v) is 6.36. The van der Waals surface area contributed by atoms with Gasteiger partial charge in [0.2, 0.25) is 15.9 Å². The first-order valence-electron chi connectivity index (χ1n) is 11.0. The molecular formula is C24H26N4O6S2. The third kappa shape index (κ3) is 4.76. The number of β-lactam (4-membered cyclic amide) rings is 1. The summed E-state index contributed by atoms with van der Waals surface area (Å²) in [5.74, 6) is -1.92. The number of carboxylic acids is 1. The van der Waals surface area contributed by atoms with Gasteiger partial charge in [0, 0.05) is 19.8 Å². The van der Waals surface area contributed by atoms with Crippen LogP contribution in [-0.4, -0.2) is 71.8 Å². The fraction of sp³-hybridized carbons (Fsp3) is 0.292. The van der Waals surface area contributed by atoms with Crippen LogP contribution in [0.4, 0.5) is 0 Å². The summed E-state index contributed by atoms with van der Waals surface area (Å²) in [5, 5.41) is 12.0. The Hall–Kier alpha value is -3.19. The lowest BCUT2D eigenvalue weighted by Gasteiger charge is -2.49. The van der Waals surface area contributed by atoms with E-state index < -0.39 is 45.3 Å². The highest BCUT2D eigenvalue weighted by molar-refractivity contribution is 8.00. The van der Waals surface area contributed by atoms with Gasteiger partial charge in [0.25, 0.3) is 5.91 Å². The molecule has 36 heavy (non-hydrogen) atoms. The molecule has 2 aliphatic rings. The van der Waals surface area contributed by atoms with Gasteiger partial charge in [-0.3, -0.25) is 14.5 Å². The van der Waals surface area contributed by atoms with Crippen molar-refractivity contribution in [1.82, 2.24) is 14.5 Å². The normalized spacial score (nSPS) is 20.6. The first-order valence-corrected chi connectivity index (χ1v) is 13.5. The number of carbonyl (C=O) groups is 3. The molecule has 3 atom stereocenters. The molecule has 1 fully saturated rings. The summed E-state index contributed by atoms with van der Waals surface area (Å²) in [6.45, 7) is 0. The van der Waals surface area contributed by atoms with Crippen LogP contribution in [0, 0.1) is 0 Å². The van der Waals surface area contributed by atoms with Gasteiger partial charge in [0.1, 0.15) is 23.2 Å². The van der Waals surface area contributed by atoms with Gasteiger partial charge < -0.3 is 16.2 Å². The molecule has 0 bridgehead atoms. The van der Waals surface area contributed by atoms with Crippen molar-refractivity contribution in [3.8, 4) is 0 Å². The molecule has 2 aliphatic heterocycles. The maximum absolute atomic E-state index is 12.9. The van der Waals surface area contributed by atoms with Gasteiger partial charge in [-0.1, -0.05) is 42.5 Å². The Labute approximate surface area is 213 Å². The van der Waals surface area contributed by atoms with Crippen LogP contribution in [0.5, 0.6) is 0 Å². The van der Waals surface area contributed by atoms with E-state index in [2.05, 4.69) is 5.32 Å². The van der Waals surface area contributed by atoms with Crippen molar-refractivity contribution in [2.24, 2.45) is 5.73 Å². The molecule has 4 N–H and O–H groups in total. The van der Waals surface area contributed by atoms with Crippen LogP contribution in [0.15, 0.2) is 70.8 Å². The van der Waals surface area contributed by atoms with Gasteiger partial charge in [-0.05, 0) is 35.3 Å². The van der Waals surface area contributed by atoms with Gasteiger partial charge in [-0.2, -0.15) is 0 Å². The highest BCUT2D eigenvalue weighted by atomic mass is 32.2.